The Balaban J connectivity index is 1.31. The van der Waals surface area contributed by atoms with Gasteiger partial charge >= 0.3 is 0 Å². The van der Waals surface area contributed by atoms with Gasteiger partial charge in [0.1, 0.15) is 18.3 Å². The second-order valence-electron chi connectivity index (χ2n) is 10.2. The summed E-state index contributed by atoms with van der Waals surface area (Å²) in [6, 6.07) is 5.41. The Hall–Kier alpha value is -2.00. The second-order valence-corrected chi connectivity index (χ2v) is 11.0. The molecular weight excluding hydrogens is 504 g/mol. The van der Waals surface area contributed by atoms with Crippen LogP contribution >= 0.6 is 23.2 Å². The minimum absolute atomic E-state index is 0.0595. The molecule has 7 nitrogen and oxygen atoms in total. The number of benzene rings is 1. The van der Waals surface area contributed by atoms with E-state index in [-0.39, 0.29) is 23.8 Å². The number of aliphatic hydroxyl groups is 1. The fourth-order valence-corrected chi connectivity index (χ4v) is 5.99. The standard InChI is InChI=1S/C26H32Cl2FN5O2/c1-16-12-22(29)24-23(16)25(31-15-30-24)33-8-10-34(11-9-33)26(36)19(14-32-6-4-18(35)5-7-32)17-2-3-20(27)21(28)13-17/h2-3,13,15-16,18-19,22,35H,4-12,14H2,1H3/t16-,19?,22+/m1/s1. The number of piperidine rings is 1. The van der Waals surface area contributed by atoms with Crippen molar-refractivity contribution in [3.8, 4) is 0 Å². The molecule has 1 unspecified atom stereocenters. The summed E-state index contributed by atoms with van der Waals surface area (Å²) in [4.78, 5) is 28.8. The molecule has 3 atom stereocenters. The summed E-state index contributed by atoms with van der Waals surface area (Å²) < 4.78 is 14.4. The molecule has 1 aromatic carbocycles. The van der Waals surface area contributed by atoms with E-state index >= 15 is 0 Å². The van der Waals surface area contributed by atoms with Crippen LogP contribution < -0.4 is 4.90 Å². The van der Waals surface area contributed by atoms with Crippen LogP contribution in [0.2, 0.25) is 10.0 Å². The Morgan fingerprint density at radius 1 is 1.11 bits per heavy atom. The highest BCUT2D eigenvalue weighted by atomic mass is 35.5. The van der Waals surface area contributed by atoms with Crippen molar-refractivity contribution in [2.75, 3.05) is 50.7 Å². The lowest BCUT2D eigenvalue weighted by atomic mass is 9.95. The smallest absolute Gasteiger partial charge is 0.231 e. The molecule has 3 aliphatic rings. The number of hydrogen-bond donors (Lipinski definition) is 1. The van der Waals surface area contributed by atoms with Gasteiger partial charge in [0.15, 0.2) is 0 Å². The summed E-state index contributed by atoms with van der Waals surface area (Å²) in [5.74, 6) is 0.557. The van der Waals surface area contributed by atoms with E-state index < -0.39 is 6.17 Å². The molecule has 0 radical (unpaired) electrons. The Morgan fingerprint density at radius 3 is 2.53 bits per heavy atom. The number of nitrogens with zero attached hydrogens (tertiary/aromatic N) is 5. The summed E-state index contributed by atoms with van der Waals surface area (Å²) in [6.45, 7) is 6.47. The quantitative estimate of drug-likeness (QED) is 0.618. The van der Waals surface area contributed by atoms with Gasteiger partial charge < -0.3 is 19.8 Å². The lowest BCUT2D eigenvalue weighted by molar-refractivity contribution is -0.133. The highest BCUT2D eigenvalue weighted by molar-refractivity contribution is 6.42. The molecule has 2 fully saturated rings. The minimum Gasteiger partial charge on any atom is -0.393 e. The van der Waals surface area contributed by atoms with E-state index in [1.165, 1.54) is 6.33 Å². The Labute approximate surface area is 221 Å². The van der Waals surface area contributed by atoms with Crippen molar-refractivity contribution in [2.45, 2.75) is 50.3 Å². The largest absolute Gasteiger partial charge is 0.393 e. The van der Waals surface area contributed by atoms with Gasteiger partial charge in [-0.1, -0.05) is 36.2 Å². The molecule has 1 aromatic heterocycles. The first-order chi connectivity index (χ1) is 17.3. The summed E-state index contributed by atoms with van der Waals surface area (Å²) in [5, 5.41) is 10.8. The third-order valence-corrected chi connectivity index (χ3v) is 8.52. The lowest BCUT2D eigenvalue weighted by Crippen LogP contribution is -2.52. The number of carbonyl (C=O) groups excluding carboxylic acids is 1. The summed E-state index contributed by atoms with van der Waals surface area (Å²) in [7, 11) is 0. The van der Waals surface area contributed by atoms with E-state index in [9.17, 15) is 14.3 Å². The second kappa shape index (κ2) is 10.8. The number of rotatable bonds is 5. The molecule has 0 bridgehead atoms. The van der Waals surface area contributed by atoms with E-state index in [0.29, 0.717) is 67.7 Å². The highest BCUT2D eigenvalue weighted by Gasteiger charge is 2.36. The number of anilines is 1. The lowest BCUT2D eigenvalue weighted by Gasteiger charge is -2.39. The van der Waals surface area contributed by atoms with Gasteiger partial charge in [-0.2, -0.15) is 0 Å². The molecular formula is C26H32Cl2FN5O2. The molecule has 1 N–H and O–H groups in total. The molecule has 2 aromatic rings. The first-order valence-corrected chi connectivity index (χ1v) is 13.5. The number of likely N-dealkylation sites (tertiary alicyclic amines) is 1. The third-order valence-electron chi connectivity index (χ3n) is 7.78. The summed E-state index contributed by atoms with van der Waals surface area (Å²) in [6.07, 6.45) is 2.00. The zero-order valence-corrected chi connectivity index (χ0v) is 21.9. The van der Waals surface area contributed by atoms with Crippen LogP contribution in [0.15, 0.2) is 24.5 Å². The molecule has 0 spiro atoms. The Kier molecular flexibility index (Phi) is 7.67. The molecule has 194 valence electrons. The topological polar surface area (TPSA) is 72.8 Å². The van der Waals surface area contributed by atoms with E-state index in [4.69, 9.17) is 23.2 Å². The van der Waals surface area contributed by atoms with Gasteiger partial charge in [0.05, 0.1) is 27.8 Å². The number of aliphatic hydroxyl groups excluding tert-OH is 1. The van der Waals surface area contributed by atoms with Gasteiger partial charge in [-0.25, -0.2) is 14.4 Å². The molecule has 5 rings (SSSR count). The molecule has 2 aliphatic heterocycles. The average Bonchev–Trinajstić information content (AvgIpc) is 3.18. The SMILES string of the molecule is C[C@@H]1C[C@H](F)c2ncnc(N3CCN(C(=O)C(CN4CCC(O)CC4)c4ccc(Cl)c(Cl)c4)CC3)c21. The Bertz CT molecular complexity index is 1110. The van der Waals surface area contributed by atoms with Crippen molar-refractivity contribution in [1.82, 2.24) is 19.8 Å². The van der Waals surface area contributed by atoms with E-state index in [2.05, 4.69) is 19.8 Å². The predicted octanol–water partition coefficient (Wildman–Crippen LogP) is 4.19. The van der Waals surface area contributed by atoms with Crippen LogP contribution in [0.25, 0.3) is 0 Å². The van der Waals surface area contributed by atoms with Crippen molar-refractivity contribution in [2.24, 2.45) is 0 Å². The number of hydrogen-bond acceptors (Lipinski definition) is 6. The molecule has 2 saturated heterocycles. The first kappa shape index (κ1) is 25.6. The molecule has 10 heteroatoms. The van der Waals surface area contributed by atoms with Crippen LogP contribution in [-0.2, 0) is 4.79 Å². The fraction of sp³-hybridized carbons (Fsp3) is 0.577. The van der Waals surface area contributed by atoms with Crippen molar-refractivity contribution in [3.05, 3.63) is 51.4 Å². The average molecular weight is 536 g/mol. The normalized spacial score (nSPS) is 24.1. The van der Waals surface area contributed by atoms with Crippen molar-refractivity contribution < 1.29 is 14.3 Å². The number of halogens is 3. The van der Waals surface area contributed by atoms with Gasteiger partial charge in [-0.05, 0) is 42.9 Å². The summed E-state index contributed by atoms with van der Waals surface area (Å²) in [5.41, 5.74) is 2.27. The van der Waals surface area contributed by atoms with Crippen molar-refractivity contribution >= 4 is 34.9 Å². The fourth-order valence-electron chi connectivity index (χ4n) is 5.69. The van der Waals surface area contributed by atoms with E-state index in [0.717, 1.165) is 30.0 Å². The zero-order valence-electron chi connectivity index (χ0n) is 20.4. The maximum absolute atomic E-state index is 14.4. The number of fused-ring (bicyclic) bond motifs is 1. The molecule has 0 saturated carbocycles. The summed E-state index contributed by atoms with van der Waals surface area (Å²) >= 11 is 12.5. The van der Waals surface area contributed by atoms with Gasteiger partial charge in [0, 0.05) is 51.4 Å². The third kappa shape index (κ3) is 5.19. The molecule has 1 aliphatic carbocycles. The van der Waals surface area contributed by atoms with Crippen LogP contribution in [0.1, 0.15) is 61.0 Å². The van der Waals surface area contributed by atoms with Crippen molar-refractivity contribution in [1.29, 1.82) is 0 Å². The first-order valence-electron chi connectivity index (χ1n) is 12.7. The molecule has 1 amide bonds. The maximum atomic E-state index is 14.4. The minimum atomic E-state index is -1.04. The van der Waals surface area contributed by atoms with Crippen LogP contribution in [0, 0.1) is 0 Å². The molecule has 3 heterocycles. The monoisotopic (exact) mass is 535 g/mol. The number of carbonyl (C=O) groups is 1. The molecule has 36 heavy (non-hydrogen) atoms. The number of amides is 1. The van der Waals surface area contributed by atoms with Gasteiger partial charge in [-0.15, -0.1) is 0 Å². The Morgan fingerprint density at radius 2 is 1.83 bits per heavy atom. The van der Waals surface area contributed by atoms with Gasteiger partial charge in [-0.3, -0.25) is 4.79 Å². The van der Waals surface area contributed by atoms with Crippen LogP contribution in [0.5, 0.6) is 0 Å². The number of aromatic nitrogens is 2. The predicted molar refractivity (Wildman–Crippen MR) is 139 cm³/mol. The number of alkyl halides is 1. The van der Waals surface area contributed by atoms with Gasteiger partial charge in [0.25, 0.3) is 0 Å². The zero-order chi connectivity index (χ0) is 25.4. The van der Waals surface area contributed by atoms with Crippen molar-refractivity contribution in [3.63, 3.8) is 0 Å². The van der Waals surface area contributed by atoms with Crippen LogP contribution in [-0.4, -0.2) is 82.7 Å². The van der Waals surface area contributed by atoms with Crippen LogP contribution in [0.3, 0.4) is 0 Å². The maximum Gasteiger partial charge on any atom is 0.231 e. The van der Waals surface area contributed by atoms with Crippen LogP contribution in [0.4, 0.5) is 10.2 Å². The van der Waals surface area contributed by atoms with Gasteiger partial charge in [0.2, 0.25) is 5.91 Å². The highest BCUT2D eigenvalue weighted by Crippen LogP contribution is 2.44. The van der Waals surface area contributed by atoms with E-state index in [1.54, 1.807) is 12.1 Å². The van der Waals surface area contributed by atoms with E-state index in [1.807, 2.05) is 17.9 Å². The number of piperazine rings is 1.